The van der Waals surface area contributed by atoms with Crippen LogP contribution in [0.5, 0.6) is 0 Å². The summed E-state index contributed by atoms with van der Waals surface area (Å²) in [6, 6.07) is 3.69. The smallest absolute Gasteiger partial charge is 0.238 e. The fraction of sp³-hybridized carbons (Fsp3) is 0.571. The molecule has 2 unspecified atom stereocenters. The van der Waals surface area contributed by atoms with Gasteiger partial charge in [-0.05, 0) is 44.6 Å². The van der Waals surface area contributed by atoms with E-state index in [4.69, 9.17) is 10.9 Å². The maximum Gasteiger partial charge on any atom is 0.238 e. The standard InChI is InChI=1S/C14H24N4O2S/c1-9-7-18(8-13(9)17(3)4)12-5-11(15)6-14(10(12)2)21(16,19)20/h5-6,9,13H,7-8,15H2,1-4H3,(H2,16,19,20). The molecule has 0 bridgehead atoms. The molecule has 0 saturated carbocycles. The molecule has 1 saturated heterocycles. The second-order valence-electron chi connectivity index (χ2n) is 6.12. The number of sulfonamides is 1. The normalized spacial score (nSPS) is 23.0. The van der Waals surface area contributed by atoms with Crippen LogP contribution in [0.15, 0.2) is 17.0 Å². The van der Waals surface area contributed by atoms with E-state index in [0.29, 0.717) is 23.2 Å². The molecule has 1 aliphatic heterocycles. The Balaban J connectivity index is 2.45. The third-order valence-corrected chi connectivity index (χ3v) is 5.28. The maximum atomic E-state index is 11.7. The molecule has 0 radical (unpaired) electrons. The molecular weight excluding hydrogens is 288 g/mol. The lowest BCUT2D eigenvalue weighted by Crippen LogP contribution is -2.34. The topological polar surface area (TPSA) is 92.7 Å². The van der Waals surface area contributed by atoms with Crippen molar-refractivity contribution in [3.63, 3.8) is 0 Å². The van der Waals surface area contributed by atoms with Crippen LogP contribution >= 0.6 is 0 Å². The van der Waals surface area contributed by atoms with Crippen LogP contribution in [0.2, 0.25) is 0 Å². The van der Waals surface area contributed by atoms with Gasteiger partial charge in [-0.15, -0.1) is 0 Å². The Hall–Kier alpha value is -1.31. The highest BCUT2D eigenvalue weighted by Crippen LogP contribution is 2.33. The van der Waals surface area contributed by atoms with Gasteiger partial charge in [-0.1, -0.05) is 6.92 Å². The number of rotatable bonds is 3. The predicted molar refractivity (Wildman–Crippen MR) is 85.8 cm³/mol. The van der Waals surface area contributed by atoms with Crippen molar-refractivity contribution >= 4 is 21.4 Å². The van der Waals surface area contributed by atoms with Gasteiger partial charge in [-0.25, -0.2) is 13.6 Å². The lowest BCUT2D eigenvalue weighted by atomic mass is 10.1. The van der Waals surface area contributed by atoms with E-state index < -0.39 is 10.0 Å². The van der Waals surface area contributed by atoms with Crippen molar-refractivity contribution in [1.29, 1.82) is 0 Å². The zero-order valence-corrected chi connectivity index (χ0v) is 13.8. The molecule has 0 spiro atoms. The predicted octanol–water partition coefficient (Wildman–Crippen LogP) is 0.611. The Kier molecular flexibility index (Phi) is 4.19. The van der Waals surface area contributed by atoms with Crippen LogP contribution in [0, 0.1) is 12.8 Å². The summed E-state index contributed by atoms with van der Waals surface area (Å²) in [6.45, 7) is 5.70. The highest BCUT2D eigenvalue weighted by Gasteiger charge is 2.32. The summed E-state index contributed by atoms with van der Waals surface area (Å²) in [5, 5.41) is 5.29. The second-order valence-corrected chi connectivity index (χ2v) is 7.65. The zero-order valence-electron chi connectivity index (χ0n) is 13.0. The number of nitrogens with two attached hydrogens (primary N) is 2. The van der Waals surface area contributed by atoms with Crippen LogP contribution in [0.4, 0.5) is 11.4 Å². The summed E-state index contributed by atoms with van der Waals surface area (Å²) in [5.41, 5.74) is 7.80. The van der Waals surface area contributed by atoms with Crippen molar-refractivity contribution in [2.24, 2.45) is 11.1 Å². The molecule has 1 fully saturated rings. The molecule has 21 heavy (non-hydrogen) atoms. The summed E-state index contributed by atoms with van der Waals surface area (Å²) >= 11 is 0. The van der Waals surface area contributed by atoms with Gasteiger partial charge in [-0.3, -0.25) is 0 Å². The van der Waals surface area contributed by atoms with Crippen molar-refractivity contribution < 1.29 is 8.42 Å². The minimum atomic E-state index is -3.77. The third-order valence-electron chi connectivity index (χ3n) is 4.24. The number of benzene rings is 1. The summed E-state index contributed by atoms with van der Waals surface area (Å²) in [4.78, 5) is 4.50. The number of primary sulfonamides is 1. The monoisotopic (exact) mass is 312 g/mol. The molecule has 1 aliphatic rings. The van der Waals surface area contributed by atoms with E-state index in [0.717, 1.165) is 18.8 Å². The summed E-state index contributed by atoms with van der Waals surface area (Å²) in [5.74, 6) is 0.499. The number of hydrogen-bond donors (Lipinski definition) is 2. The Labute approximate surface area is 126 Å². The Morgan fingerprint density at radius 3 is 2.38 bits per heavy atom. The van der Waals surface area contributed by atoms with E-state index in [-0.39, 0.29) is 4.90 Å². The van der Waals surface area contributed by atoms with Crippen LogP contribution in [0.25, 0.3) is 0 Å². The van der Waals surface area contributed by atoms with Crippen LogP contribution in [-0.4, -0.2) is 46.5 Å². The molecule has 118 valence electrons. The van der Waals surface area contributed by atoms with Gasteiger partial charge in [0, 0.05) is 30.5 Å². The lowest BCUT2D eigenvalue weighted by molar-refractivity contribution is 0.266. The average molecular weight is 312 g/mol. The Morgan fingerprint density at radius 1 is 1.29 bits per heavy atom. The first kappa shape index (κ1) is 16.1. The molecule has 4 N–H and O–H groups in total. The first-order chi connectivity index (χ1) is 9.61. The summed E-state index contributed by atoms with van der Waals surface area (Å²) in [6.07, 6.45) is 0. The fourth-order valence-electron chi connectivity index (χ4n) is 3.14. The molecule has 0 aliphatic carbocycles. The molecule has 2 rings (SSSR count). The highest BCUT2D eigenvalue weighted by molar-refractivity contribution is 7.89. The van der Waals surface area contributed by atoms with Gasteiger partial charge in [0.15, 0.2) is 0 Å². The molecule has 2 atom stereocenters. The molecule has 0 amide bonds. The number of nitrogen functional groups attached to an aromatic ring is 1. The number of anilines is 2. The molecule has 1 aromatic carbocycles. The minimum Gasteiger partial charge on any atom is -0.399 e. The molecular formula is C14H24N4O2S. The number of nitrogens with zero attached hydrogens (tertiary/aromatic N) is 2. The van der Waals surface area contributed by atoms with E-state index in [1.54, 1.807) is 6.92 Å². The van der Waals surface area contributed by atoms with Crippen molar-refractivity contribution in [3.8, 4) is 0 Å². The van der Waals surface area contributed by atoms with E-state index in [2.05, 4.69) is 30.8 Å². The molecule has 1 heterocycles. The Bertz CT molecular complexity index is 643. The van der Waals surface area contributed by atoms with Gasteiger partial charge >= 0.3 is 0 Å². The van der Waals surface area contributed by atoms with Gasteiger partial charge in [0.05, 0.1) is 4.90 Å². The van der Waals surface area contributed by atoms with Crippen LogP contribution < -0.4 is 15.8 Å². The second kappa shape index (κ2) is 5.47. The molecule has 1 aromatic rings. The van der Waals surface area contributed by atoms with Gasteiger partial charge in [0.1, 0.15) is 0 Å². The first-order valence-electron chi connectivity index (χ1n) is 6.95. The van der Waals surface area contributed by atoms with E-state index >= 15 is 0 Å². The average Bonchev–Trinajstić information content (AvgIpc) is 2.72. The molecule has 6 nitrogen and oxygen atoms in total. The highest BCUT2D eigenvalue weighted by atomic mass is 32.2. The van der Waals surface area contributed by atoms with Crippen molar-refractivity contribution in [3.05, 3.63) is 17.7 Å². The fourth-order valence-corrected chi connectivity index (χ4v) is 3.97. The minimum absolute atomic E-state index is 0.110. The van der Waals surface area contributed by atoms with Crippen molar-refractivity contribution in [1.82, 2.24) is 4.90 Å². The van der Waals surface area contributed by atoms with Crippen LogP contribution in [0.3, 0.4) is 0 Å². The number of likely N-dealkylation sites (N-methyl/N-ethyl adjacent to an activating group) is 1. The van der Waals surface area contributed by atoms with Gasteiger partial charge in [-0.2, -0.15) is 0 Å². The Morgan fingerprint density at radius 2 is 1.90 bits per heavy atom. The van der Waals surface area contributed by atoms with Gasteiger partial charge < -0.3 is 15.5 Å². The lowest BCUT2D eigenvalue weighted by Gasteiger charge is -2.24. The van der Waals surface area contributed by atoms with Gasteiger partial charge in [0.2, 0.25) is 10.0 Å². The van der Waals surface area contributed by atoms with Gasteiger partial charge in [0.25, 0.3) is 0 Å². The third kappa shape index (κ3) is 3.14. The van der Waals surface area contributed by atoms with E-state index in [1.165, 1.54) is 6.07 Å². The van der Waals surface area contributed by atoms with Crippen LogP contribution in [-0.2, 0) is 10.0 Å². The van der Waals surface area contributed by atoms with Crippen molar-refractivity contribution in [2.45, 2.75) is 24.8 Å². The summed E-state index contributed by atoms with van der Waals surface area (Å²) < 4.78 is 23.4. The maximum absolute atomic E-state index is 11.7. The SMILES string of the molecule is Cc1c(N2CC(C)C(N(C)C)C2)cc(N)cc1S(N)(=O)=O. The first-order valence-corrected chi connectivity index (χ1v) is 8.50. The number of hydrogen-bond acceptors (Lipinski definition) is 5. The zero-order chi connectivity index (χ0) is 15.9. The van der Waals surface area contributed by atoms with E-state index in [9.17, 15) is 8.42 Å². The summed E-state index contributed by atoms with van der Waals surface area (Å²) in [7, 11) is 0.356. The van der Waals surface area contributed by atoms with Crippen molar-refractivity contribution in [2.75, 3.05) is 37.8 Å². The van der Waals surface area contributed by atoms with Crippen LogP contribution in [0.1, 0.15) is 12.5 Å². The van der Waals surface area contributed by atoms with E-state index in [1.807, 2.05) is 6.07 Å². The quantitative estimate of drug-likeness (QED) is 0.798. The molecule has 0 aromatic heterocycles. The molecule has 7 heteroatoms. The largest absolute Gasteiger partial charge is 0.399 e.